The molecule has 0 fully saturated rings. The third kappa shape index (κ3) is 6.26. The van der Waals surface area contributed by atoms with Crippen LogP contribution >= 0.6 is 0 Å². The number of halogens is 3. The predicted octanol–water partition coefficient (Wildman–Crippen LogP) is 5.09. The van der Waals surface area contributed by atoms with Crippen molar-refractivity contribution >= 4 is 17.4 Å². The quantitative estimate of drug-likeness (QED) is 0.525. The van der Waals surface area contributed by atoms with Gasteiger partial charge in [-0.2, -0.15) is 13.2 Å². The number of carbonyl (C=O) groups is 1. The molecule has 32 heavy (non-hydrogen) atoms. The molecule has 0 saturated heterocycles. The van der Waals surface area contributed by atoms with Gasteiger partial charge in [-0.25, -0.2) is 9.78 Å². The van der Waals surface area contributed by atoms with Crippen LogP contribution in [0.4, 0.5) is 29.3 Å². The monoisotopic (exact) mass is 445 g/mol. The minimum Gasteiger partial charge on any atom is -0.378 e. The third-order valence-corrected chi connectivity index (χ3v) is 4.99. The van der Waals surface area contributed by atoms with E-state index in [1.807, 2.05) is 54.0 Å². The van der Waals surface area contributed by atoms with Gasteiger partial charge in [0.1, 0.15) is 0 Å². The summed E-state index contributed by atoms with van der Waals surface area (Å²) in [7, 11) is 3.87. The lowest BCUT2D eigenvalue weighted by Crippen LogP contribution is -2.36. The second-order valence-electron chi connectivity index (χ2n) is 7.61. The molecule has 1 heterocycles. The number of imidazole rings is 1. The predicted molar refractivity (Wildman–Crippen MR) is 118 cm³/mol. The molecule has 1 N–H and O–H groups in total. The number of nitrogens with one attached hydrogen (secondary N) is 1. The van der Waals surface area contributed by atoms with E-state index in [9.17, 15) is 18.0 Å². The molecule has 2 amide bonds. The molecule has 0 unspecified atom stereocenters. The van der Waals surface area contributed by atoms with Crippen molar-refractivity contribution in [3.63, 3.8) is 0 Å². The van der Waals surface area contributed by atoms with Gasteiger partial charge >= 0.3 is 12.2 Å². The van der Waals surface area contributed by atoms with Gasteiger partial charge in [-0.3, -0.25) is 0 Å². The topological polar surface area (TPSA) is 53.4 Å². The van der Waals surface area contributed by atoms with Gasteiger partial charge in [0.15, 0.2) is 0 Å². The van der Waals surface area contributed by atoms with Gasteiger partial charge in [0, 0.05) is 51.8 Å². The third-order valence-electron chi connectivity index (χ3n) is 4.99. The number of rotatable bonds is 8. The molecule has 1 aromatic heterocycles. The zero-order chi connectivity index (χ0) is 23.1. The van der Waals surface area contributed by atoms with Gasteiger partial charge in [-0.15, -0.1) is 0 Å². The van der Waals surface area contributed by atoms with Crippen molar-refractivity contribution in [2.75, 3.05) is 30.9 Å². The van der Waals surface area contributed by atoms with Gasteiger partial charge in [0.2, 0.25) is 0 Å². The van der Waals surface area contributed by atoms with Crippen LogP contribution in [-0.2, 0) is 19.3 Å². The number of aromatic nitrogens is 2. The van der Waals surface area contributed by atoms with Gasteiger partial charge in [-0.1, -0.05) is 24.3 Å². The number of alkyl halides is 3. The first-order chi connectivity index (χ1) is 15.2. The van der Waals surface area contributed by atoms with Crippen LogP contribution in [-0.4, -0.2) is 41.1 Å². The number of hydrogen-bond acceptors (Lipinski definition) is 3. The number of para-hydroxylation sites is 1. The fraction of sp³-hybridized carbons (Fsp3) is 0.304. The van der Waals surface area contributed by atoms with Crippen molar-refractivity contribution in [3.05, 3.63) is 78.4 Å². The molecule has 2 aromatic carbocycles. The van der Waals surface area contributed by atoms with Gasteiger partial charge < -0.3 is 19.7 Å². The Hall–Kier alpha value is -3.49. The summed E-state index contributed by atoms with van der Waals surface area (Å²) in [4.78, 5) is 20.5. The van der Waals surface area contributed by atoms with Crippen molar-refractivity contribution in [1.29, 1.82) is 0 Å². The molecular formula is C23H26F3N5O. The van der Waals surface area contributed by atoms with Crippen molar-refractivity contribution in [3.8, 4) is 0 Å². The molecule has 3 rings (SSSR count). The highest BCUT2D eigenvalue weighted by molar-refractivity contribution is 5.90. The first-order valence-electron chi connectivity index (χ1n) is 10.2. The molecule has 0 aliphatic heterocycles. The number of anilines is 2. The summed E-state index contributed by atoms with van der Waals surface area (Å²) in [6, 6.07) is 12.1. The average molecular weight is 445 g/mol. The van der Waals surface area contributed by atoms with Crippen molar-refractivity contribution < 1.29 is 18.0 Å². The maximum Gasteiger partial charge on any atom is 0.418 e. The fourth-order valence-corrected chi connectivity index (χ4v) is 3.27. The smallest absolute Gasteiger partial charge is 0.378 e. The van der Waals surface area contributed by atoms with Gasteiger partial charge in [0.05, 0.1) is 17.6 Å². The second kappa shape index (κ2) is 10.2. The minimum absolute atomic E-state index is 0.257. The summed E-state index contributed by atoms with van der Waals surface area (Å²) in [5.74, 6) is 0. The maximum atomic E-state index is 13.3. The minimum atomic E-state index is -4.56. The van der Waals surface area contributed by atoms with E-state index in [1.54, 1.807) is 12.5 Å². The standard InChI is InChI=1S/C23H26F3N5O/c1-29(2)19-10-8-18(9-11-19)16-31(14-5-13-30-15-12-27-17-30)22(32)28-21-7-4-3-6-20(21)23(24,25)26/h3-4,6-12,15,17H,5,13-14,16H2,1-2H3,(H,28,32). The van der Waals surface area contributed by atoms with E-state index in [0.29, 0.717) is 19.5 Å². The Balaban J connectivity index is 1.75. The van der Waals surface area contributed by atoms with E-state index >= 15 is 0 Å². The van der Waals surface area contributed by atoms with Crippen LogP contribution in [0.25, 0.3) is 0 Å². The van der Waals surface area contributed by atoms with Crippen LogP contribution in [0.1, 0.15) is 17.5 Å². The van der Waals surface area contributed by atoms with Gasteiger partial charge in [-0.05, 0) is 36.2 Å². The Labute approximate surface area is 185 Å². The molecule has 0 saturated carbocycles. The number of urea groups is 1. The molecular weight excluding hydrogens is 419 g/mol. The molecule has 3 aromatic rings. The maximum absolute atomic E-state index is 13.3. The summed E-state index contributed by atoms with van der Waals surface area (Å²) < 4.78 is 41.9. The normalized spacial score (nSPS) is 11.3. The number of benzene rings is 2. The van der Waals surface area contributed by atoms with Crippen molar-refractivity contribution in [2.45, 2.75) is 25.7 Å². The Kier molecular flexibility index (Phi) is 7.40. The number of amides is 2. The summed E-state index contributed by atoms with van der Waals surface area (Å²) in [5, 5.41) is 2.45. The Morgan fingerprint density at radius 3 is 2.44 bits per heavy atom. The highest BCUT2D eigenvalue weighted by Gasteiger charge is 2.33. The van der Waals surface area contributed by atoms with Crippen LogP contribution in [0.15, 0.2) is 67.3 Å². The Morgan fingerprint density at radius 2 is 1.81 bits per heavy atom. The molecule has 0 aliphatic carbocycles. The number of nitrogens with zero attached hydrogens (tertiary/aromatic N) is 4. The van der Waals surface area contributed by atoms with Crippen LogP contribution < -0.4 is 10.2 Å². The van der Waals surface area contributed by atoms with Crippen LogP contribution in [0, 0.1) is 0 Å². The molecule has 170 valence electrons. The molecule has 0 radical (unpaired) electrons. The van der Waals surface area contributed by atoms with Crippen molar-refractivity contribution in [2.24, 2.45) is 0 Å². The van der Waals surface area contributed by atoms with Gasteiger partial charge in [0.25, 0.3) is 0 Å². The number of aryl methyl sites for hydroxylation is 1. The molecule has 0 spiro atoms. The molecule has 0 atom stereocenters. The lowest BCUT2D eigenvalue weighted by Gasteiger charge is -2.25. The number of carbonyl (C=O) groups excluding carboxylic acids is 1. The van der Waals surface area contributed by atoms with E-state index < -0.39 is 17.8 Å². The summed E-state index contributed by atoms with van der Waals surface area (Å²) in [6.45, 7) is 1.29. The largest absolute Gasteiger partial charge is 0.418 e. The average Bonchev–Trinajstić information content (AvgIpc) is 3.26. The number of hydrogen-bond donors (Lipinski definition) is 1. The first kappa shape index (κ1) is 23.2. The second-order valence-corrected chi connectivity index (χ2v) is 7.61. The Bertz CT molecular complexity index is 1000. The molecule has 0 bridgehead atoms. The van der Waals surface area contributed by atoms with E-state index in [4.69, 9.17) is 0 Å². The molecule has 0 aliphatic rings. The highest BCUT2D eigenvalue weighted by atomic mass is 19.4. The van der Waals surface area contributed by atoms with Crippen molar-refractivity contribution in [1.82, 2.24) is 14.5 Å². The zero-order valence-corrected chi connectivity index (χ0v) is 18.0. The van der Waals surface area contributed by atoms with Crippen LogP contribution in [0.5, 0.6) is 0 Å². The highest BCUT2D eigenvalue weighted by Crippen LogP contribution is 2.34. The first-order valence-corrected chi connectivity index (χ1v) is 10.2. The van der Waals surface area contributed by atoms with E-state index in [-0.39, 0.29) is 12.2 Å². The van der Waals surface area contributed by atoms with E-state index in [0.717, 1.165) is 17.3 Å². The van der Waals surface area contributed by atoms with Crippen LogP contribution in [0.3, 0.4) is 0 Å². The Morgan fingerprint density at radius 1 is 1.09 bits per heavy atom. The zero-order valence-electron chi connectivity index (χ0n) is 18.0. The van der Waals surface area contributed by atoms with E-state index in [1.165, 1.54) is 23.1 Å². The lowest BCUT2D eigenvalue weighted by atomic mass is 10.1. The summed E-state index contributed by atoms with van der Waals surface area (Å²) >= 11 is 0. The van der Waals surface area contributed by atoms with Crippen LogP contribution in [0.2, 0.25) is 0 Å². The SMILES string of the molecule is CN(C)c1ccc(CN(CCCn2ccnc2)C(=O)Nc2ccccc2C(F)(F)F)cc1. The fourth-order valence-electron chi connectivity index (χ4n) is 3.27. The molecule has 9 heteroatoms. The molecule has 6 nitrogen and oxygen atoms in total. The summed E-state index contributed by atoms with van der Waals surface area (Å²) in [5.41, 5.74) is 0.774. The lowest BCUT2D eigenvalue weighted by molar-refractivity contribution is -0.136. The summed E-state index contributed by atoms with van der Waals surface area (Å²) in [6.07, 6.45) is 1.25. The van der Waals surface area contributed by atoms with E-state index in [2.05, 4.69) is 10.3 Å².